The number of rotatable bonds is 5. The number of nitro benzene ring substituents is 1. The number of nitrogen functional groups attached to an aromatic ring is 1. The number of benzene rings is 1. The lowest BCUT2D eigenvalue weighted by atomic mass is 9.97. The van der Waals surface area contributed by atoms with Gasteiger partial charge >= 0.3 is 6.09 Å². The smallest absolute Gasteiger partial charge is 0.407 e. The van der Waals surface area contributed by atoms with Gasteiger partial charge in [0.05, 0.1) is 4.92 Å². The minimum absolute atomic E-state index is 0.121. The zero-order valence-corrected chi connectivity index (χ0v) is 12.4. The Balaban J connectivity index is 2.40. The molecular formula is C14H15F2N3O5. The molecule has 1 aromatic rings. The summed E-state index contributed by atoms with van der Waals surface area (Å²) in [6, 6.07) is 2.54. The van der Waals surface area contributed by atoms with Crippen LogP contribution in [0.5, 0.6) is 5.75 Å². The number of ether oxygens (including phenoxy) is 1. The second-order valence-electron chi connectivity index (χ2n) is 5.04. The predicted molar refractivity (Wildman–Crippen MR) is 81.2 cm³/mol. The molecule has 0 aromatic heterocycles. The van der Waals surface area contributed by atoms with Gasteiger partial charge in [-0.3, -0.25) is 10.1 Å². The Labute approximate surface area is 135 Å². The van der Waals surface area contributed by atoms with Crippen molar-refractivity contribution >= 4 is 23.0 Å². The first-order chi connectivity index (χ1) is 11.3. The lowest BCUT2D eigenvalue weighted by Crippen LogP contribution is -2.33. The average molecular weight is 343 g/mol. The molecule has 0 atom stereocenters. The van der Waals surface area contributed by atoms with Crippen molar-refractivity contribution in [3.8, 4) is 5.75 Å². The van der Waals surface area contributed by atoms with Crippen LogP contribution >= 0.6 is 0 Å². The van der Waals surface area contributed by atoms with E-state index < -0.39 is 29.7 Å². The molecule has 0 bridgehead atoms. The maximum absolute atomic E-state index is 12.4. The van der Waals surface area contributed by atoms with Crippen LogP contribution in [0.2, 0.25) is 0 Å². The van der Waals surface area contributed by atoms with E-state index in [-0.39, 0.29) is 24.5 Å². The van der Waals surface area contributed by atoms with Gasteiger partial charge in [-0.05, 0) is 18.1 Å². The van der Waals surface area contributed by atoms with Gasteiger partial charge in [0.25, 0.3) is 12.1 Å². The predicted octanol–water partition coefficient (Wildman–Crippen LogP) is 2.59. The molecule has 0 saturated carbocycles. The summed E-state index contributed by atoms with van der Waals surface area (Å²) in [5.41, 5.74) is 5.93. The standard InChI is InChI=1S/C14H15F2N3O5/c15-11(16)7-24-13-9(1-2-10(12(13)17)19(22)23)8-3-5-18(6-4-8)14(20)21/h1-3,11H,4-7,17H2,(H,20,21). The molecule has 0 saturated heterocycles. The van der Waals surface area contributed by atoms with Crippen molar-refractivity contribution in [1.82, 2.24) is 4.90 Å². The van der Waals surface area contributed by atoms with E-state index in [0.717, 1.165) is 0 Å². The Hall–Kier alpha value is -2.91. The molecule has 1 aliphatic rings. The number of alkyl halides is 2. The number of hydrogen-bond acceptors (Lipinski definition) is 5. The van der Waals surface area contributed by atoms with Crippen molar-refractivity contribution in [3.05, 3.63) is 33.9 Å². The third-order valence-electron chi connectivity index (χ3n) is 3.55. The molecule has 3 N–H and O–H groups in total. The monoisotopic (exact) mass is 343 g/mol. The van der Waals surface area contributed by atoms with Gasteiger partial charge in [-0.2, -0.15) is 0 Å². The van der Waals surface area contributed by atoms with E-state index in [2.05, 4.69) is 0 Å². The number of carbonyl (C=O) groups is 1. The van der Waals surface area contributed by atoms with Gasteiger partial charge < -0.3 is 20.5 Å². The number of halogens is 2. The van der Waals surface area contributed by atoms with E-state index in [9.17, 15) is 23.7 Å². The third-order valence-corrected chi connectivity index (χ3v) is 3.55. The zero-order valence-electron chi connectivity index (χ0n) is 12.4. The van der Waals surface area contributed by atoms with Crippen molar-refractivity contribution in [2.24, 2.45) is 0 Å². The van der Waals surface area contributed by atoms with E-state index in [1.807, 2.05) is 0 Å². The van der Waals surface area contributed by atoms with Gasteiger partial charge in [-0.1, -0.05) is 6.08 Å². The van der Waals surface area contributed by atoms with Crippen LogP contribution < -0.4 is 10.5 Å². The normalized spacial score (nSPS) is 14.5. The topological polar surface area (TPSA) is 119 Å². The largest absolute Gasteiger partial charge is 0.485 e. The fourth-order valence-corrected chi connectivity index (χ4v) is 2.39. The molecule has 0 spiro atoms. The SMILES string of the molecule is Nc1c([N+](=O)[O-])ccc(C2=CCN(C(=O)O)CC2)c1OCC(F)F. The van der Waals surface area contributed by atoms with Crippen LogP contribution in [0.25, 0.3) is 5.57 Å². The maximum Gasteiger partial charge on any atom is 0.407 e. The second kappa shape index (κ2) is 7.11. The van der Waals surface area contributed by atoms with Crippen LogP contribution in [0.15, 0.2) is 18.2 Å². The fraction of sp³-hybridized carbons (Fsp3) is 0.357. The summed E-state index contributed by atoms with van der Waals surface area (Å²) in [4.78, 5) is 22.3. The van der Waals surface area contributed by atoms with Crippen LogP contribution in [0.4, 0.5) is 25.0 Å². The van der Waals surface area contributed by atoms with Crippen LogP contribution in [0.1, 0.15) is 12.0 Å². The first-order valence-corrected chi connectivity index (χ1v) is 6.96. The summed E-state index contributed by atoms with van der Waals surface area (Å²) in [5, 5.41) is 19.9. The lowest BCUT2D eigenvalue weighted by molar-refractivity contribution is -0.384. The van der Waals surface area contributed by atoms with E-state index in [1.165, 1.54) is 17.0 Å². The van der Waals surface area contributed by atoms with Gasteiger partial charge in [0.1, 0.15) is 6.61 Å². The minimum Gasteiger partial charge on any atom is -0.485 e. The molecule has 1 amide bonds. The third kappa shape index (κ3) is 3.70. The lowest BCUT2D eigenvalue weighted by Gasteiger charge is -2.25. The highest BCUT2D eigenvalue weighted by Crippen LogP contribution is 2.40. The molecule has 8 nitrogen and oxygen atoms in total. The molecule has 2 rings (SSSR count). The van der Waals surface area contributed by atoms with E-state index in [1.54, 1.807) is 6.08 Å². The Morgan fingerprint density at radius 1 is 1.50 bits per heavy atom. The summed E-state index contributed by atoms with van der Waals surface area (Å²) < 4.78 is 29.9. The summed E-state index contributed by atoms with van der Waals surface area (Å²) in [6.07, 6.45) is -1.91. The van der Waals surface area contributed by atoms with Gasteiger partial charge in [-0.25, -0.2) is 13.6 Å². The summed E-state index contributed by atoms with van der Waals surface area (Å²) in [5.74, 6) is -0.181. The number of amides is 1. The molecule has 1 aliphatic heterocycles. The highest BCUT2D eigenvalue weighted by molar-refractivity contribution is 5.81. The second-order valence-corrected chi connectivity index (χ2v) is 5.04. The molecular weight excluding hydrogens is 328 g/mol. The van der Waals surface area contributed by atoms with Crippen LogP contribution in [0, 0.1) is 10.1 Å². The van der Waals surface area contributed by atoms with E-state index in [0.29, 0.717) is 17.6 Å². The number of nitrogens with zero attached hydrogens (tertiary/aromatic N) is 2. The zero-order chi connectivity index (χ0) is 17.9. The van der Waals surface area contributed by atoms with Crippen molar-refractivity contribution in [2.45, 2.75) is 12.8 Å². The minimum atomic E-state index is -2.76. The van der Waals surface area contributed by atoms with Gasteiger partial charge in [0, 0.05) is 24.7 Å². The van der Waals surface area contributed by atoms with Crippen LogP contribution in [-0.2, 0) is 0 Å². The molecule has 24 heavy (non-hydrogen) atoms. The van der Waals surface area contributed by atoms with Gasteiger partial charge in [0.15, 0.2) is 11.4 Å². The molecule has 1 heterocycles. The van der Waals surface area contributed by atoms with E-state index in [4.69, 9.17) is 15.6 Å². The molecule has 0 fully saturated rings. The summed E-state index contributed by atoms with van der Waals surface area (Å²) in [7, 11) is 0. The maximum atomic E-state index is 12.4. The highest BCUT2D eigenvalue weighted by Gasteiger charge is 2.24. The molecule has 130 valence electrons. The van der Waals surface area contributed by atoms with Crippen molar-refractivity contribution < 1.29 is 28.3 Å². The molecule has 0 aliphatic carbocycles. The highest BCUT2D eigenvalue weighted by atomic mass is 19.3. The van der Waals surface area contributed by atoms with Gasteiger partial charge in [-0.15, -0.1) is 0 Å². The Morgan fingerprint density at radius 2 is 2.21 bits per heavy atom. The Bertz CT molecular complexity index is 693. The number of hydrogen-bond donors (Lipinski definition) is 2. The number of carboxylic acid groups (broad SMARTS) is 1. The molecule has 0 unspecified atom stereocenters. The first-order valence-electron chi connectivity index (χ1n) is 6.96. The molecule has 0 radical (unpaired) electrons. The van der Waals surface area contributed by atoms with Crippen molar-refractivity contribution in [2.75, 3.05) is 25.4 Å². The Kier molecular flexibility index (Phi) is 5.17. The number of anilines is 1. The molecule has 10 heteroatoms. The van der Waals surface area contributed by atoms with Crippen LogP contribution in [0.3, 0.4) is 0 Å². The number of nitro groups is 1. The Morgan fingerprint density at radius 3 is 2.71 bits per heavy atom. The summed E-state index contributed by atoms with van der Waals surface area (Å²) >= 11 is 0. The summed E-state index contributed by atoms with van der Waals surface area (Å²) in [6.45, 7) is -0.616. The number of nitrogens with two attached hydrogens (primary N) is 1. The van der Waals surface area contributed by atoms with Crippen molar-refractivity contribution in [1.29, 1.82) is 0 Å². The first kappa shape index (κ1) is 17.4. The quantitative estimate of drug-likeness (QED) is 0.482. The van der Waals surface area contributed by atoms with Crippen LogP contribution in [-0.4, -0.2) is 47.1 Å². The average Bonchev–Trinajstić information content (AvgIpc) is 2.53. The fourth-order valence-electron chi connectivity index (χ4n) is 2.39. The van der Waals surface area contributed by atoms with Crippen molar-refractivity contribution in [3.63, 3.8) is 0 Å². The van der Waals surface area contributed by atoms with Gasteiger partial charge in [0.2, 0.25) is 0 Å². The van der Waals surface area contributed by atoms with E-state index >= 15 is 0 Å². The molecule has 1 aromatic carbocycles.